The maximum Gasteiger partial charge on any atom is 0.0621 e. The summed E-state index contributed by atoms with van der Waals surface area (Å²) in [5, 5.41) is 0. The second-order valence-electron chi connectivity index (χ2n) is 7.80. The van der Waals surface area contributed by atoms with Gasteiger partial charge in [-0.3, -0.25) is 9.97 Å². The van der Waals surface area contributed by atoms with Gasteiger partial charge in [0.2, 0.25) is 0 Å². The number of fused-ring (bicyclic) bond motifs is 1. The second kappa shape index (κ2) is 4.32. The minimum Gasteiger partial charge on any atom is -0.258 e. The van der Waals surface area contributed by atoms with Crippen LogP contribution in [0.2, 0.25) is 0 Å². The van der Waals surface area contributed by atoms with Crippen LogP contribution in [0.3, 0.4) is 0 Å². The fourth-order valence-electron chi connectivity index (χ4n) is 3.26. The average molecular weight is 246 g/mol. The fraction of sp³-hybridized carbons (Fsp3) is 0.750. The van der Waals surface area contributed by atoms with Crippen molar-refractivity contribution >= 4 is 0 Å². The second-order valence-corrected chi connectivity index (χ2v) is 7.80. The zero-order chi connectivity index (χ0) is 13.6. The predicted octanol–water partition coefficient (Wildman–Crippen LogP) is 3.90. The third-order valence-corrected chi connectivity index (χ3v) is 4.40. The van der Waals surface area contributed by atoms with Crippen molar-refractivity contribution in [3.8, 4) is 0 Å². The monoisotopic (exact) mass is 246 g/mol. The van der Waals surface area contributed by atoms with Crippen molar-refractivity contribution in [3.63, 3.8) is 0 Å². The van der Waals surface area contributed by atoms with E-state index >= 15 is 0 Å². The van der Waals surface area contributed by atoms with Crippen LogP contribution in [0, 0.1) is 22.7 Å². The Morgan fingerprint density at radius 2 is 1.11 bits per heavy atom. The van der Waals surface area contributed by atoms with Gasteiger partial charge in [-0.05, 0) is 35.5 Å². The van der Waals surface area contributed by atoms with E-state index in [1.807, 2.05) is 12.4 Å². The highest BCUT2D eigenvalue weighted by Crippen LogP contribution is 2.47. The van der Waals surface area contributed by atoms with Crippen LogP contribution in [-0.4, -0.2) is 9.97 Å². The first-order chi connectivity index (χ1) is 8.19. The Morgan fingerprint density at radius 1 is 0.778 bits per heavy atom. The maximum atomic E-state index is 4.54. The van der Waals surface area contributed by atoms with E-state index in [0.717, 1.165) is 12.8 Å². The molecule has 1 aliphatic rings. The molecule has 0 saturated carbocycles. The van der Waals surface area contributed by atoms with Crippen molar-refractivity contribution < 1.29 is 0 Å². The smallest absolute Gasteiger partial charge is 0.0621 e. The predicted molar refractivity (Wildman–Crippen MR) is 75.3 cm³/mol. The van der Waals surface area contributed by atoms with E-state index in [-0.39, 0.29) is 0 Å². The molecule has 1 aromatic heterocycles. The van der Waals surface area contributed by atoms with Crippen molar-refractivity contribution in [1.82, 2.24) is 9.97 Å². The Labute approximate surface area is 111 Å². The lowest BCUT2D eigenvalue weighted by molar-refractivity contribution is 0.0601. The van der Waals surface area contributed by atoms with E-state index in [1.165, 1.54) is 11.4 Å². The molecule has 0 fully saturated rings. The molecule has 0 N–H and O–H groups in total. The summed E-state index contributed by atoms with van der Waals surface area (Å²) >= 11 is 0. The summed E-state index contributed by atoms with van der Waals surface area (Å²) in [6, 6.07) is 0. The third-order valence-electron chi connectivity index (χ3n) is 4.40. The van der Waals surface area contributed by atoms with Gasteiger partial charge in [0, 0.05) is 12.4 Å². The molecule has 0 radical (unpaired) electrons. The van der Waals surface area contributed by atoms with Crippen LogP contribution >= 0.6 is 0 Å². The van der Waals surface area contributed by atoms with E-state index in [0.29, 0.717) is 22.7 Å². The zero-order valence-corrected chi connectivity index (χ0v) is 12.6. The summed E-state index contributed by atoms with van der Waals surface area (Å²) in [7, 11) is 0. The highest BCUT2D eigenvalue weighted by atomic mass is 14.8. The number of hydrogen-bond acceptors (Lipinski definition) is 2. The van der Waals surface area contributed by atoms with Gasteiger partial charge < -0.3 is 0 Å². The molecule has 0 saturated heterocycles. The number of hydrogen-bond donors (Lipinski definition) is 0. The van der Waals surface area contributed by atoms with Gasteiger partial charge in [-0.15, -0.1) is 0 Å². The molecule has 0 amide bonds. The van der Waals surface area contributed by atoms with Gasteiger partial charge in [0.1, 0.15) is 0 Å². The lowest BCUT2D eigenvalue weighted by Gasteiger charge is -2.46. The Morgan fingerprint density at radius 3 is 1.39 bits per heavy atom. The first-order valence-corrected chi connectivity index (χ1v) is 6.98. The van der Waals surface area contributed by atoms with Crippen molar-refractivity contribution in [2.75, 3.05) is 0 Å². The van der Waals surface area contributed by atoms with E-state index < -0.39 is 0 Å². The molecule has 0 aliphatic heterocycles. The van der Waals surface area contributed by atoms with Crippen molar-refractivity contribution in [3.05, 3.63) is 23.8 Å². The summed E-state index contributed by atoms with van der Waals surface area (Å²) < 4.78 is 0. The topological polar surface area (TPSA) is 25.8 Å². The standard InChI is InChI=1S/C16H26N2/c1-15(2,3)11-9-13-14(18-8-7-17-13)10-12(11)16(4,5)6/h7-8,11-12H,9-10H2,1-6H3. The van der Waals surface area contributed by atoms with Gasteiger partial charge in [0.25, 0.3) is 0 Å². The number of aromatic nitrogens is 2. The van der Waals surface area contributed by atoms with E-state index in [9.17, 15) is 0 Å². The molecule has 2 atom stereocenters. The lowest BCUT2D eigenvalue weighted by Crippen LogP contribution is -2.42. The van der Waals surface area contributed by atoms with Crippen molar-refractivity contribution in [2.24, 2.45) is 22.7 Å². The first kappa shape index (κ1) is 13.5. The Balaban J connectivity index is 2.40. The molecule has 1 aromatic rings. The van der Waals surface area contributed by atoms with Crippen LogP contribution in [0.4, 0.5) is 0 Å². The minimum atomic E-state index is 0.327. The molecule has 2 unspecified atom stereocenters. The summed E-state index contributed by atoms with van der Waals surface area (Å²) in [4.78, 5) is 9.07. The first-order valence-electron chi connectivity index (χ1n) is 6.98. The SMILES string of the molecule is CC(C)(C)C1Cc2nccnc2CC1C(C)(C)C. The average Bonchev–Trinajstić information content (AvgIpc) is 2.25. The molecule has 1 aliphatic carbocycles. The summed E-state index contributed by atoms with van der Waals surface area (Å²) in [6.45, 7) is 14.2. The van der Waals surface area contributed by atoms with Gasteiger partial charge in [-0.2, -0.15) is 0 Å². The van der Waals surface area contributed by atoms with Crippen LogP contribution < -0.4 is 0 Å². The maximum absolute atomic E-state index is 4.54. The van der Waals surface area contributed by atoms with Crippen LogP contribution in [0.1, 0.15) is 52.9 Å². The van der Waals surface area contributed by atoms with Crippen LogP contribution in [0.15, 0.2) is 12.4 Å². The Hall–Kier alpha value is -0.920. The zero-order valence-electron chi connectivity index (χ0n) is 12.6. The van der Waals surface area contributed by atoms with E-state index in [1.54, 1.807) is 0 Å². The van der Waals surface area contributed by atoms with E-state index in [2.05, 4.69) is 51.5 Å². The largest absolute Gasteiger partial charge is 0.258 e. The molecule has 0 spiro atoms. The van der Waals surface area contributed by atoms with Gasteiger partial charge in [-0.1, -0.05) is 41.5 Å². The van der Waals surface area contributed by atoms with Gasteiger partial charge in [0.15, 0.2) is 0 Å². The minimum absolute atomic E-state index is 0.327. The molecule has 0 bridgehead atoms. The van der Waals surface area contributed by atoms with Gasteiger partial charge in [-0.25, -0.2) is 0 Å². The molecule has 2 heteroatoms. The number of nitrogens with zero attached hydrogens (tertiary/aromatic N) is 2. The third kappa shape index (κ3) is 2.57. The Bertz CT molecular complexity index is 382. The molecule has 2 rings (SSSR count). The highest BCUT2D eigenvalue weighted by molar-refractivity contribution is 5.18. The van der Waals surface area contributed by atoms with E-state index in [4.69, 9.17) is 0 Å². The molecule has 18 heavy (non-hydrogen) atoms. The molecular weight excluding hydrogens is 220 g/mol. The van der Waals surface area contributed by atoms with Gasteiger partial charge in [0.05, 0.1) is 11.4 Å². The molecule has 0 aromatic carbocycles. The summed E-state index contributed by atoms with van der Waals surface area (Å²) in [5.41, 5.74) is 3.09. The molecule has 1 heterocycles. The van der Waals surface area contributed by atoms with Crippen LogP contribution in [0.25, 0.3) is 0 Å². The molecule has 2 nitrogen and oxygen atoms in total. The summed E-state index contributed by atoms with van der Waals surface area (Å²) in [6.07, 6.45) is 5.81. The quantitative estimate of drug-likeness (QED) is 0.694. The normalized spacial score (nSPS) is 24.8. The molecule has 100 valence electrons. The van der Waals surface area contributed by atoms with Crippen LogP contribution in [-0.2, 0) is 12.8 Å². The number of rotatable bonds is 0. The fourth-order valence-corrected chi connectivity index (χ4v) is 3.26. The molecular formula is C16H26N2. The summed E-state index contributed by atoms with van der Waals surface area (Å²) in [5.74, 6) is 1.36. The Kier molecular flexibility index (Phi) is 3.25. The van der Waals surface area contributed by atoms with Crippen molar-refractivity contribution in [2.45, 2.75) is 54.4 Å². The van der Waals surface area contributed by atoms with Gasteiger partial charge >= 0.3 is 0 Å². The van der Waals surface area contributed by atoms with Crippen LogP contribution in [0.5, 0.6) is 0 Å². The lowest BCUT2D eigenvalue weighted by atomic mass is 9.59. The van der Waals surface area contributed by atoms with Crippen molar-refractivity contribution in [1.29, 1.82) is 0 Å². The highest BCUT2D eigenvalue weighted by Gasteiger charge is 2.42.